The Morgan fingerprint density at radius 1 is 0.923 bits per heavy atom. The van der Waals surface area contributed by atoms with E-state index >= 15 is 0 Å². The number of aliphatic carboxylic acids is 1. The van der Waals surface area contributed by atoms with E-state index in [0.717, 1.165) is 24.8 Å². The topological polar surface area (TPSA) is 116 Å². The Hall–Kier alpha value is -3.42. The molecule has 2 aliphatic carbocycles. The molecule has 8 nitrogen and oxygen atoms in total. The number of ether oxygens (including phenoxy) is 3. The van der Waals surface area contributed by atoms with E-state index in [9.17, 15) is 24.3 Å². The first-order chi connectivity index (χ1) is 18.4. The van der Waals surface area contributed by atoms with Crippen molar-refractivity contribution in [2.45, 2.75) is 72.6 Å². The van der Waals surface area contributed by atoms with Gasteiger partial charge in [0.2, 0.25) is 0 Å². The number of carboxylic acids is 1. The highest BCUT2D eigenvalue weighted by Crippen LogP contribution is 2.62. The van der Waals surface area contributed by atoms with E-state index in [1.54, 1.807) is 12.1 Å². The van der Waals surface area contributed by atoms with Crippen LogP contribution in [-0.2, 0) is 30.3 Å². The molecule has 0 aromatic heterocycles. The molecular formula is C31H38O8. The fourth-order valence-electron chi connectivity index (χ4n) is 7.62. The monoisotopic (exact) mass is 538 g/mol. The first-order valence-electron chi connectivity index (χ1n) is 13.6. The van der Waals surface area contributed by atoms with Gasteiger partial charge in [0.1, 0.15) is 11.5 Å². The molecule has 0 heterocycles. The van der Waals surface area contributed by atoms with Crippen LogP contribution in [0.15, 0.2) is 30.3 Å². The average molecular weight is 539 g/mol. The molecule has 0 saturated heterocycles. The Balaban J connectivity index is 1.68. The average Bonchev–Trinajstić information content (AvgIpc) is 2.87. The maximum Gasteiger partial charge on any atom is 0.311 e. The minimum Gasteiger partial charge on any atom is -0.481 e. The fraction of sp³-hybridized carbons (Fsp3) is 0.548. The van der Waals surface area contributed by atoms with Crippen molar-refractivity contribution in [2.75, 3.05) is 7.11 Å². The van der Waals surface area contributed by atoms with E-state index in [2.05, 4.69) is 6.92 Å². The Bertz CT molecular complexity index is 1300. The first kappa shape index (κ1) is 28.6. The summed E-state index contributed by atoms with van der Waals surface area (Å²) in [6.45, 7) is 6.81. The van der Waals surface area contributed by atoms with Gasteiger partial charge in [0.05, 0.1) is 18.4 Å². The van der Waals surface area contributed by atoms with Crippen molar-refractivity contribution in [2.24, 2.45) is 28.6 Å². The van der Waals surface area contributed by atoms with Crippen molar-refractivity contribution in [3.63, 3.8) is 0 Å². The van der Waals surface area contributed by atoms with Gasteiger partial charge in [-0.1, -0.05) is 25.5 Å². The normalized spacial score (nSPS) is 28.3. The van der Waals surface area contributed by atoms with Crippen LogP contribution in [0.5, 0.6) is 11.5 Å². The Morgan fingerprint density at radius 3 is 2.15 bits per heavy atom. The van der Waals surface area contributed by atoms with Crippen LogP contribution in [0.2, 0.25) is 0 Å². The molecule has 0 spiro atoms. The third kappa shape index (κ3) is 5.38. The largest absolute Gasteiger partial charge is 0.481 e. The molecule has 0 bridgehead atoms. The standard InChI is InChI=1S/C31H38O8/c1-18(32)38-25-12-13-26(39-19(2)33)23-17-20(7-9-21(23)25)8-11-24-22(28(34)35)10-14-27-30(24,3)15-6-16-31(27,4)29(36)37-5/h7,9,12-13,17,22,24,27H,6,8,10-11,14-16H2,1-5H3,(H,34,35)/t22-,24+,27?,30-,31+/m1/s1. The second-order valence-corrected chi connectivity index (χ2v) is 11.6. The van der Waals surface area contributed by atoms with Gasteiger partial charge in [-0.2, -0.15) is 0 Å². The third-order valence-corrected chi connectivity index (χ3v) is 9.30. The van der Waals surface area contributed by atoms with Gasteiger partial charge in [-0.3, -0.25) is 19.2 Å². The molecule has 4 rings (SSSR count). The molecule has 210 valence electrons. The van der Waals surface area contributed by atoms with Gasteiger partial charge in [-0.05, 0) is 86.5 Å². The number of carbonyl (C=O) groups is 4. The molecule has 0 radical (unpaired) electrons. The molecule has 5 atom stereocenters. The summed E-state index contributed by atoms with van der Waals surface area (Å²) < 4.78 is 16.0. The smallest absolute Gasteiger partial charge is 0.311 e. The lowest BCUT2D eigenvalue weighted by atomic mass is 9.45. The number of aryl methyl sites for hydroxylation is 1. The van der Waals surface area contributed by atoms with Crippen LogP contribution in [0, 0.1) is 28.6 Å². The van der Waals surface area contributed by atoms with Crippen molar-refractivity contribution in [3.8, 4) is 11.5 Å². The highest BCUT2D eigenvalue weighted by Gasteiger charge is 2.59. The number of carbonyl (C=O) groups excluding carboxylic acids is 3. The van der Waals surface area contributed by atoms with Gasteiger partial charge in [-0.25, -0.2) is 0 Å². The minimum atomic E-state index is -0.785. The quantitative estimate of drug-likeness (QED) is 0.351. The molecule has 2 aliphatic rings. The van der Waals surface area contributed by atoms with E-state index < -0.39 is 29.2 Å². The van der Waals surface area contributed by atoms with Crippen LogP contribution >= 0.6 is 0 Å². The number of carboxylic acid groups (broad SMARTS) is 1. The fourth-order valence-corrected chi connectivity index (χ4v) is 7.62. The van der Waals surface area contributed by atoms with Crippen LogP contribution in [0.1, 0.15) is 71.8 Å². The van der Waals surface area contributed by atoms with E-state index in [1.807, 2.05) is 25.1 Å². The minimum absolute atomic E-state index is 0.0465. The molecule has 0 amide bonds. The maximum atomic E-state index is 12.9. The molecule has 2 aromatic rings. The molecule has 39 heavy (non-hydrogen) atoms. The summed E-state index contributed by atoms with van der Waals surface area (Å²) in [6, 6.07) is 8.90. The first-order valence-corrected chi connectivity index (χ1v) is 13.6. The number of benzene rings is 2. The number of hydrogen-bond donors (Lipinski definition) is 1. The molecule has 2 aromatic carbocycles. The summed E-state index contributed by atoms with van der Waals surface area (Å²) in [4.78, 5) is 48.7. The molecule has 2 saturated carbocycles. The predicted molar refractivity (Wildman–Crippen MR) is 144 cm³/mol. The predicted octanol–water partition coefficient (Wildman–Crippen LogP) is 5.72. The Kier molecular flexibility index (Phi) is 8.05. The van der Waals surface area contributed by atoms with Crippen LogP contribution in [-0.4, -0.2) is 36.1 Å². The second kappa shape index (κ2) is 11.0. The summed E-state index contributed by atoms with van der Waals surface area (Å²) >= 11 is 0. The zero-order valence-corrected chi connectivity index (χ0v) is 23.4. The summed E-state index contributed by atoms with van der Waals surface area (Å²) in [6.07, 6.45) is 4.95. The van der Waals surface area contributed by atoms with Crippen LogP contribution in [0.3, 0.4) is 0 Å². The summed E-state index contributed by atoms with van der Waals surface area (Å²) in [5.41, 5.74) is 0.0146. The van der Waals surface area contributed by atoms with Crippen LogP contribution in [0.4, 0.5) is 0 Å². The lowest BCUT2D eigenvalue weighted by Gasteiger charge is -2.58. The second-order valence-electron chi connectivity index (χ2n) is 11.6. The van der Waals surface area contributed by atoms with Gasteiger partial charge >= 0.3 is 23.9 Å². The lowest BCUT2D eigenvalue weighted by molar-refractivity contribution is -0.177. The number of esters is 3. The Labute approximate surface area is 229 Å². The highest BCUT2D eigenvalue weighted by molar-refractivity contribution is 5.96. The zero-order chi connectivity index (χ0) is 28.5. The van der Waals surface area contributed by atoms with Crippen molar-refractivity contribution in [1.82, 2.24) is 0 Å². The summed E-state index contributed by atoms with van der Waals surface area (Å²) in [5, 5.41) is 11.5. The number of rotatable bonds is 7. The van der Waals surface area contributed by atoms with E-state index in [0.29, 0.717) is 48.0 Å². The highest BCUT2D eigenvalue weighted by atomic mass is 16.5. The van der Waals surface area contributed by atoms with E-state index in [4.69, 9.17) is 14.2 Å². The Morgan fingerprint density at radius 2 is 1.56 bits per heavy atom. The molecule has 1 N–H and O–H groups in total. The SMILES string of the molecule is COC(=O)[C@@]1(C)CCC[C@@]2(C)C1CC[C@@H](C(=O)O)[C@@H]2CCc1ccc2c(OC(C)=O)ccc(OC(C)=O)c2c1. The maximum absolute atomic E-state index is 12.9. The van der Waals surface area contributed by atoms with Gasteiger partial charge in [0.15, 0.2) is 0 Å². The third-order valence-electron chi connectivity index (χ3n) is 9.30. The van der Waals surface area contributed by atoms with Gasteiger partial charge in [-0.15, -0.1) is 0 Å². The van der Waals surface area contributed by atoms with Crippen molar-refractivity contribution >= 4 is 34.6 Å². The van der Waals surface area contributed by atoms with Crippen LogP contribution in [0.25, 0.3) is 10.8 Å². The van der Waals surface area contributed by atoms with Crippen molar-refractivity contribution in [1.29, 1.82) is 0 Å². The molecule has 0 aliphatic heterocycles. The van der Waals surface area contributed by atoms with E-state index in [1.165, 1.54) is 21.0 Å². The van der Waals surface area contributed by atoms with Crippen molar-refractivity contribution < 1.29 is 38.5 Å². The number of methoxy groups -OCH3 is 1. The van der Waals surface area contributed by atoms with Gasteiger partial charge in [0.25, 0.3) is 0 Å². The zero-order valence-electron chi connectivity index (χ0n) is 23.4. The molecule has 2 fully saturated rings. The number of hydrogen-bond acceptors (Lipinski definition) is 7. The summed E-state index contributed by atoms with van der Waals surface area (Å²) in [5.74, 6) is -1.72. The van der Waals surface area contributed by atoms with Gasteiger partial charge < -0.3 is 19.3 Å². The lowest BCUT2D eigenvalue weighted by Crippen LogP contribution is -2.56. The van der Waals surface area contributed by atoms with Crippen LogP contribution < -0.4 is 9.47 Å². The van der Waals surface area contributed by atoms with Crippen molar-refractivity contribution in [3.05, 3.63) is 35.9 Å². The van der Waals surface area contributed by atoms with E-state index in [-0.39, 0.29) is 23.2 Å². The summed E-state index contributed by atoms with van der Waals surface area (Å²) in [7, 11) is 1.43. The molecule has 8 heteroatoms. The number of fused-ring (bicyclic) bond motifs is 2. The molecular weight excluding hydrogens is 500 g/mol. The van der Waals surface area contributed by atoms with Gasteiger partial charge in [0, 0.05) is 24.6 Å². The molecule has 1 unspecified atom stereocenters.